The van der Waals surface area contributed by atoms with Crippen molar-refractivity contribution in [1.29, 1.82) is 0 Å². The monoisotopic (exact) mass is 246 g/mol. The summed E-state index contributed by atoms with van der Waals surface area (Å²) >= 11 is 0. The van der Waals surface area contributed by atoms with Gasteiger partial charge in [0.2, 0.25) is 0 Å². The van der Waals surface area contributed by atoms with E-state index in [1.54, 1.807) is 7.11 Å². The summed E-state index contributed by atoms with van der Waals surface area (Å²) < 4.78 is 11.4. The first-order valence-corrected chi connectivity index (χ1v) is 6.31. The topological polar surface area (TPSA) is 60.4 Å². The van der Waals surface area contributed by atoms with E-state index in [1.165, 1.54) is 12.8 Å². The zero-order valence-corrected chi connectivity index (χ0v) is 10.4. The van der Waals surface area contributed by atoms with Gasteiger partial charge in [-0.3, -0.25) is 5.84 Å². The Morgan fingerprint density at radius 1 is 1.39 bits per heavy atom. The van der Waals surface area contributed by atoms with Crippen molar-refractivity contribution < 1.29 is 9.15 Å². The minimum Gasteiger partial charge on any atom is -0.459 e. The van der Waals surface area contributed by atoms with E-state index in [9.17, 15) is 0 Å². The summed E-state index contributed by atoms with van der Waals surface area (Å²) in [6.45, 7) is 0. The van der Waals surface area contributed by atoms with Crippen molar-refractivity contribution in [2.45, 2.75) is 25.0 Å². The summed E-state index contributed by atoms with van der Waals surface area (Å²) in [5, 5.41) is 1.10. The van der Waals surface area contributed by atoms with Crippen LogP contribution in [-0.4, -0.2) is 13.2 Å². The van der Waals surface area contributed by atoms with Gasteiger partial charge in [-0.25, -0.2) is 5.43 Å². The first-order chi connectivity index (χ1) is 8.83. The molecule has 1 heterocycles. The Hall–Kier alpha value is -1.36. The van der Waals surface area contributed by atoms with Gasteiger partial charge in [0.25, 0.3) is 0 Å². The van der Waals surface area contributed by atoms with Gasteiger partial charge in [-0.1, -0.05) is 18.2 Å². The molecule has 0 radical (unpaired) electrons. The fourth-order valence-electron chi connectivity index (χ4n) is 2.52. The minimum atomic E-state index is -0.0881. The number of hydrogen-bond acceptors (Lipinski definition) is 4. The number of furan rings is 1. The quantitative estimate of drug-likeness (QED) is 0.628. The summed E-state index contributed by atoms with van der Waals surface area (Å²) in [7, 11) is 1.73. The highest BCUT2D eigenvalue weighted by Crippen LogP contribution is 2.40. The van der Waals surface area contributed by atoms with Gasteiger partial charge < -0.3 is 9.15 Å². The number of rotatable bonds is 5. The van der Waals surface area contributed by atoms with E-state index >= 15 is 0 Å². The van der Waals surface area contributed by atoms with E-state index in [0.717, 1.165) is 16.7 Å². The third-order valence-electron chi connectivity index (χ3n) is 3.62. The zero-order chi connectivity index (χ0) is 12.5. The predicted molar refractivity (Wildman–Crippen MR) is 69.8 cm³/mol. The van der Waals surface area contributed by atoms with Crippen LogP contribution in [0.3, 0.4) is 0 Å². The molecule has 1 saturated carbocycles. The number of para-hydroxylation sites is 1. The standard InChI is InChI=1S/C14H18N2O2/c1-17-14(9-6-7-9)13(16-15)12-8-10-4-2-3-5-11(10)18-12/h2-5,8-9,13-14,16H,6-7,15H2,1H3. The Labute approximate surface area is 106 Å². The number of methoxy groups -OCH3 is 1. The fraction of sp³-hybridized carbons (Fsp3) is 0.429. The summed E-state index contributed by atoms with van der Waals surface area (Å²) in [6, 6.07) is 9.92. The van der Waals surface area contributed by atoms with Crippen LogP contribution >= 0.6 is 0 Å². The van der Waals surface area contributed by atoms with Crippen LogP contribution in [0.15, 0.2) is 34.7 Å². The molecule has 4 nitrogen and oxygen atoms in total. The molecule has 18 heavy (non-hydrogen) atoms. The smallest absolute Gasteiger partial charge is 0.134 e. The molecule has 96 valence electrons. The van der Waals surface area contributed by atoms with Crippen molar-refractivity contribution in [1.82, 2.24) is 5.43 Å². The average molecular weight is 246 g/mol. The lowest BCUT2D eigenvalue weighted by atomic mass is 10.0. The molecule has 3 rings (SSSR count). The molecule has 1 aromatic heterocycles. The largest absolute Gasteiger partial charge is 0.459 e. The predicted octanol–water partition coefficient (Wildman–Crippen LogP) is 2.36. The Morgan fingerprint density at radius 3 is 2.78 bits per heavy atom. The van der Waals surface area contributed by atoms with E-state index in [-0.39, 0.29) is 12.1 Å². The Balaban J connectivity index is 1.94. The first kappa shape index (κ1) is 11.7. The summed E-state index contributed by atoms with van der Waals surface area (Å²) in [4.78, 5) is 0. The van der Waals surface area contributed by atoms with E-state index in [1.807, 2.05) is 30.3 Å². The summed E-state index contributed by atoms with van der Waals surface area (Å²) in [5.41, 5.74) is 3.72. The minimum absolute atomic E-state index is 0.0792. The number of hydrazine groups is 1. The van der Waals surface area contributed by atoms with Crippen LogP contribution in [0.2, 0.25) is 0 Å². The van der Waals surface area contributed by atoms with Crippen LogP contribution < -0.4 is 11.3 Å². The highest BCUT2D eigenvalue weighted by Gasteiger charge is 2.38. The van der Waals surface area contributed by atoms with E-state index in [2.05, 4.69) is 5.43 Å². The highest BCUT2D eigenvalue weighted by molar-refractivity contribution is 5.77. The fourth-order valence-corrected chi connectivity index (χ4v) is 2.52. The van der Waals surface area contributed by atoms with Crippen molar-refractivity contribution in [3.8, 4) is 0 Å². The lowest BCUT2D eigenvalue weighted by Gasteiger charge is -2.23. The molecular formula is C14H18N2O2. The van der Waals surface area contributed by atoms with Crippen LogP contribution in [-0.2, 0) is 4.74 Å². The molecule has 0 aliphatic heterocycles. The summed E-state index contributed by atoms with van der Waals surface area (Å²) in [5.74, 6) is 7.11. The third kappa shape index (κ3) is 2.03. The Bertz CT molecular complexity index is 500. The lowest BCUT2D eigenvalue weighted by molar-refractivity contribution is 0.0444. The zero-order valence-electron chi connectivity index (χ0n) is 10.4. The molecule has 0 amide bonds. The van der Waals surface area contributed by atoms with Crippen LogP contribution in [0.5, 0.6) is 0 Å². The normalized spacial score (nSPS) is 19.0. The molecule has 0 spiro atoms. The van der Waals surface area contributed by atoms with Crippen molar-refractivity contribution in [3.63, 3.8) is 0 Å². The van der Waals surface area contributed by atoms with E-state index in [0.29, 0.717) is 5.92 Å². The van der Waals surface area contributed by atoms with Gasteiger partial charge in [-0.2, -0.15) is 0 Å². The van der Waals surface area contributed by atoms with Gasteiger partial charge in [0, 0.05) is 12.5 Å². The molecule has 2 atom stereocenters. The van der Waals surface area contributed by atoms with Gasteiger partial charge in [-0.15, -0.1) is 0 Å². The number of hydrogen-bond donors (Lipinski definition) is 2. The van der Waals surface area contributed by atoms with Crippen LogP contribution in [0.4, 0.5) is 0 Å². The number of benzene rings is 1. The second kappa shape index (κ2) is 4.72. The molecular weight excluding hydrogens is 228 g/mol. The summed E-state index contributed by atoms with van der Waals surface area (Å²) in [6.07, 6.45) is 2.49. The van der Waals surface area contributed by atoms with Crippen LogP contribution in [0.25, 0.3) is 11.0 Å². The molecule has 1 aromatic carbocycles. The number of nitrogens with one attached hydrogen (secondary N) is 1. The van der Waals surface area contributed by atoms with Gasteiger partial charge in [-0.05, 0) is 30.9 Å². The highest BCUT2D eigenvalue weighted by atomic mass is 16.5. The molecule has 3 N–H and O–H groups in total. The Kier molecular flexibility index (Phi) is 3.07. The van der Waals surface area contributed by atoms with Gasteiger partial charge in [0.15, 0.2) is 0 Å². The molecule has 0 bridgehead atoms. The second-order valence-corrected chi connectivity index (χ2v) is 4.87. The Morgan fingerprint density at radius 2 is 2.17 bits per heavy atom. The van der Waals surface area contributed by atoms with Crippen molar-refractivity contribution in [3.05, 3.63) is 36.1 Å². The lowest BCUT2D eigenvalue weighted by Crippen LogP contribution is -2.38. The average Bonchev–Trinajstić information content (AvgIpc) is 3.14. The van der Waals surface area contributed by atoms with Crippen LogP contribution in [0, 0.1) is 5.92 Å². The maximum Gasteiger partial charge on any atom is 0.134 e. The molecule has 1 aliphatic carbocycles. The molecule has 2 aromatic rings. The SMILES string of the molecule is COC(C1CC1)C(NN)c1cc2ccccc2o1. The molecule has 0 saturated heterocycles. The van der Waals surface area contributed by atoms with Crippen molar-refractivity contribution >= 4 is 11.0 Å². The number of ether oxygens (including phenoxy) is 1. The van der Waals surface area contributed by atoms with E-state index in [4.69, 9.17) is 15.0 Å². The van der Waals surface area contributed by atoms with Gasteiger partial charge >= 0.3 is 0 Å². The van der Waals surface area contributed by atoms with Crippen LogP contribution in [0.1, 0.15) is 24.6 Å². The molecule has 4 heteroatoms. The molecule has 1 fully saturated rings. The maximum absolute atomic E-state index is 5.86. The molecule has 1 aliphatic rings. The molecule has 2 unspecified atom stereocenters. The number of nitrogens with two attached hydrogens (primary N) is 1. The van der Waals surface area contributed by atoms with Crippen molar-refractivity contribution in [2.75, 3.05) is 7.11 Å². The third-order valence-corrected chi connectivity index (χ3v) is 3.62. The van der Waals surface area contributed by atoms with Gasteiger partial charge in [0.1, 0.15) is 17.4 Å². The second-order valence-electron chi connectivity index (χ2n) is 4.87. The van der Waals surface area contributed by atoms with Gasteiger partial charge in [0.05, 0.1) is 6.10 Å². The first-order valence-electron chi connectivity index (χ1n) is 6.31. The van der Waals surface area contributed by atoms with Crippen molar-refractivity contribution in [2.24, 2.45) is 11.8 Å². The van der Waals surface area contributed by atoms with E-state index < -0.39 is 0 Å². The maximum atomic E-state index is 5.86. The number of fused-ring (bicyclic) bond motifs is 1.